The van der Waals surface area contributed by atoms with Gasteiger partial charge in [-0.05, 0) is 6.07 Å². The number of nitrogens with zero attached hydrogens (tertiary/aromatic N) is 2. The number of hydrogen-bond donors (Lipinski definition) is 1. The zero-order valence-electron chi connectivity index (χ0n) is 5.73. The van der Waals surface area contributed by atoms with Crippen LogP contribution in [-0.2, 0) is 4.74 Å². The van der Waals surface area contributed by atoms with E-state index in [9.17, 15) is 4.79 Å². The van der Waals surface area contributed by atoms with Gasteiger partial charge in [-0.2, -0.15) is 0 Å². The van der Waals surface area contributed by atoms with Gasteiger partial charge in [-0.1, -0.05) is 0 Å². The highest BCUT2D eigenvalue weighted by atomic mass is 16.5. The summed E-state index contributed by atoms with van der Waals surface area (Å²) in [6, 6.07) is 1.46. The van der Waals surface area contributed by atoms with Crippen LogP contribution in [0.25, 0.3) is 0 Å². The Hall–Kier alpha value is -1.49. The van der Waals surface area contributed by atoms with Crippen molar-refractivity contribution in [1.29, 1.82) is 0 Å². The van der Waals surface area contributed by atoms with Crippen LogP contribution in [-0.4, -0.2) is 22.7 Å². The molecule has 0 aliphatic carbocycles. The molecule has 58 valence electrons. The molecule has 0 saturated heterocycles. The van der Waals surface area contributed by atoms with E-state index in [1.807, 2.05) is 0 Å². The van der Waals surface area contributed by atoms with Crippen LogP contribution in [0.1, 0.15) is 10.5 Å². The first kappa shape index (κ1) is 7.62. The van der Waals surface area contributed by atoms with E-state index < -0.39 is 5.97 Å². The van der Waals surface area contributed by atoms with Gasteiger partial charge in [0.25, 0.3) is 0 Å². The molecular formula is C6H7N3O2. The molecular weight excluding hydrogens is 146 g/mol. The number of carbonyl (C=O) groups is 1. The van der Waals surface area contributed by atoms with Crippen LogP contribution in [0.15, 0.2) is 18.6 Å². The maximum absolute atomic E-state index is 10.9. The molecule has 0 atom stereocenters. The van der Waals surface area contributed by atoms with Crippen LogP contribution in [0.4, 0.5) is 0 Å². The van der Waals surface area contributed by atoms with E-state index in [0.29, 0.717) is 0 Å². The van der Waals surface area contributed by atoms with E-state index in [-0.39, 0.29) is 12.4 Å². The number of esters is 1. The monoisotopic (exact) mass is 153 g/mol. The summed E-state index contributed by atoms with van der Waals surface area (Å²) < 4.78 is 4.48. The summed E-state index contributed by atoms with van der Waals surface area (Å²) in [5, 5.41) is 0. The highest BCUT2D eigenvalue weighted by Gasteiger charge is 2.05. The summed E-state index contributed by atoms with van der Waals surface area (Å²) in [5.74, 6) is -0.532. The largest absolute Gasteiger partial charge is 0.445 e. The number of aromatic nitrogens is 2. The van der Waals surface area contributed by atoms with Crippen molar-refractivity contribution in [1.82, 2.24) is 9.97 Å². The van der Waals surface area contributed by atoms with Gasteiger partial charge in [0.05, 0.1) is 0 Å². The molecule has 0 aromatic carbocycles. The Morgan fingerprint density at radius 1 is 1.73 bits per heavy atom. The van der Waals surface area contributed by atoms with E-state index in [1.165, 1.54) is 18.6 Å². The molecule has 1 rings (SSSR count). The highest BCUT2D eigenvalue weighted by Crippen LogP contribution is 1.92. The third-order valence-electron chi connectivity index (χ3n) is 1.01. The van der Waals surface area contributed by atoms with Crippen LogP contribution in [0.5, 0.6) is 0 Å². The summed E-state index contributed by atoms with van der Waals surface area (Å²) in [4.78, 5) is 18.1. The minimum Gasteiger partial charge on any atom is -0.445 e. The van der Waals surface area contributed by atoms with Crippen LogP contribution in [0, 0.1) is 0 Å². The fourth-order valence-corrected chi connectivity index (χ4v) is 0.561. The van der Waals surface area contributed by atoms with Gasteiger partial charge in [0.1, 0.15) is 13.1 Å². The van der Waals surface area contributed by atoms with Crippen molar-refractivity contribution in [2.45, 2.75) is 0 Å². The number of ether oxygens (including phenoxy) is 1. The van der Waals surface area contributed by atoms with Crippen molar-refractivity contribution in [2.75, 3.05) is 6.73 Å². The smallest absolute Gasteiger partial charge is 0.358 e. The van der Waals surface area contributed by atoms with Crippen molar-refractivity contribution >= 4 is 5.97 Å². The Morgan fingerprint density at radius 3 is 3.09 bits per heavy atom. The molecule has 0 aliphatic rings. The summed E-state index contributed by atoms with van der Waals surface area (Å²) in [7, 11) is 0. The molecule has 0 spiro atoms. The average molecular weight is 153 g/mol. The normalized spacial score (nSPS) is 9.18. The van der Waals surface area contributed by atoms with Crippen LogP contribution in [0.3, 0.4) is 0 Å². The van der Waals surface area contributed by atoms with Crippen LogP contribution >= 0.6 is 0 Å². The fraction of sp³-hybridized carbons (Fsp3) is 0.167. The first-order chi connectivity index (χ1) is 5.34. The molecule has 1 heterocycles. The minimum atomic E-state index is -0.532. The predicted octanol–water partition coefficient (Wildman–Crippen LogP) is -0.450. The second-order valence-electron chi connectivity index (χ2n) is 1.69. The first-order valence-electron chi connectivity index (χ1n) is 2.98. The van der Waals surface area contributed by atoms with Crippen molar-refractivity contribution < 1.29 is 9.53 Å². The standard InChI is InChI=1S/C6H7N3O2/c7-3-11-6(10)5-1-2-8-4-9-5/h1-2,4H,3,7H2. The maximum atomic E-state index is 10.9. The van der Waals surface area contributed by atoms with E-state index in [0.717, 1.165) is 0 Å². The summed E-state index contributed by atoms with van der Waals surface area (Å²) in [5.41, 5.74) is 5.19. The lowest BCUT2D eigenvalue weighted by Gasteiger charge is -1.97. The van der Waals surface area contributed by atoms with Gasteiger partial charge in [0.2, 0.25) is 0 Å². The second kappa shape index (κ2) is 3.62. The molecule has 0 unspecified atom stereocenters. The predicted molar refractivity (Wildman–Crippen MR) is 36.5 cm³/mol. The van der Waals surface area contributed by atoms with Crippen LogP contribution in [0.2, 0.25) is 0 Å². The zero-order chi connectivity index (χ0) is 8.10. The maximum Gasteiger partial charge on any atom is 0.358 e. The molecule has 2 N–H and O–H groups in total. The summed E-state index contributed by atoms with van der Waals surface area (Å²) in [6.07, 6.45) is 2.73. The zero-order valence-corrected chi connectivity index (χ0v) is 5.73. The third kappa shape index (κ3) is 1.98. The van der Waals surface area contributed by atoms with Gasteiger partial charge >= 0.3 is 5.97 Å². The Labute approximate surface area is 63.2 Å². The molecule has 0 bridgehead atoms. The van der Waals surface area contributed by atoms with Crippen molar-refractivity contribution in [2.24, 2.45) is 5.73 Å². The number of hydrogen-bond acceptors (Lipinski definition) is 5. The molecule has 0 radical (unpaired) electrons. The molecule has 0 fully saturated rings. The number of rotatable bonds is 2. The Balaban J connectivity index is 2.69. The van der Waals surface area contributed by atoms with E-state index >= 15 is 0 Å². The Kier molecular flexibility index (Phi) is 2.51. The molecule has 5 heteroatoms. The summed E-state index contributed by atoms with van der Waals surface area (Å²) >= 11 is 0. The van der Waals surface area contributed by atoms with Crippen LogP contribution < -0.4 is 5.73 Å². The Morgan fingerprint density at radius 2 is 2.55 bits per heavy atom. The van der Waals surface area contributed by atoms with E-state index in [4.69, 9.17) is 5.73 Å². The van der Waals surface area contributed by atoms with Gasteiger partial charge in [0, 0.05) is 6.20 Å². The molecule has 11 heavy (non-hydrogen) atoms. The van der Waals surface area contributed by atoms with Crippen molar-refractivity contribution in [3.05, 3.63) is 24.3 Å². The lowest BCUT2D eigenvalue weighted by molar-refractivity contribution is 0.0508. The van der Waals surface area contributed by atoms with Crippen molar-refractivity contribution in [3.63, 3.8) is 0 Å². The molecule has 0 amide bonds. The molecule has 1 aromatic rings. The average Bonchev–Trinajstić information content (AvgIpc) is 2.07. The molecule has 0 aliphatic heterocycles. The van der Waals surface area contributed by atoms with Gasteiger partial charge in [-0.3, -0.25) is 5.73 Å². The first-order valence-corrected chi connectivity index (χ1v) is 2.98. The van der Waals surface area contributed by atoms with E-state index in [1.54, 1.807) is 0 Å². The van der Waals surface area contributed by atoms with Gasteiger partial charge in [0.15, 0.2) is 5.69 Å². The number of nitrogens with two attached hydrogens (primary N) is 1. The van der Waals surface area contributed by atoms with Crippen molar-refractivity contribution in [3.8, 4) is 0 Å². The lowest BCUT2D eigenvalue weighted by atomic mass is 10.4. The molecule has 1 aromatic heterocycles. The summed E-state index contributed by atoms with van der Waals surface area (Å²) in [6.45, 7) is -0.136. The van der Waals surface area contributed by atoms with Gasteiger partial charge in [-0.25, -0.2) is 14.8 Å². The number of carbonyl (C=O) groups excluding carboxylic acids is 1. The fourth-order valence-electron chi connectivity index (χ4n) is 0.561. The minimum absolute atomic E-state index is 0.136. The van der Waals surface area contributed by atoms with Gasteiger partial charge in [-0.15, -0.1) is 0 Å². The molecule has 5 nitrogen and oxygen atoms in total. The van der Waals surface area contributed by atoms with Gasteiger partial charge < -0.3 is 4.74 Å². The second-order valence-corrected chi connectivity index (χ2v) is 1.69. The third-order valence-corrected chi connectivity index (χ3v) is 1.01. The SMILES string of the molecule is NCOC(=O)c1ccncn1. The molecule has 0 saturated carbocycles. The lowest BCUT2D eigenvalue weighted by Crippen LogP contribution is -2.13. The Bertz CT molecular complexity index is 237. The quantitative estimate of drug-likeness (QED) is 0.460. The highest BCUT2D eigenvalue weighted by molar-refractivity contribution is 5.86. The topological polar surface area (TPSA) is 78.1 Å². The van der Waals surface area contributed by atoms with E-state index in [2.05, 4.69) is 14.7 Å².